The molecule has 2 aromatic carbocycles. The minimum atomic E-state index is -0.487. The van der Waals surface area contributed by atoms with Crippen molar-refractivity contribution in [1.29, 1.82) is 0 Å². The number of phenols is 1. The molecule has 0 saturated heterocycles. The number of hydrogen-bond acceptors (Lipinski definition) is 3. The van der Waals surface area contributed by atoms with E-state index in [1.165, 1.54) is 30.3 Å². The second kappa shape index (κ2) is 5.06. The highest BCUT2D eigenvalue weighted by Crippen LogP contribution is 2.32. The predicted molar refractivity (Wildman–Crippen MR) is 65.0 cm³/mol. The highest BCUT2D eigenvalue weighted by Gasteiger charge is 2.09. The molecule has 0 aromatic heterocycles. The summed E-state index contributed by atoms with van der Waals surface area (Å²) in [6.45, 7) is 0. The maximum absolute atomic E-state index is 12.9. The molecule has 0 fully saturated rings. The first-order valence-corrected chi connectivity index (χ1v) is 5.39. The molecule has 3 nitrogen and oxygen atoms in total. The molecular formula is C13H8ClFO3. The third kappa shape index (κ3) is 2.60. The van der Waals surface area contributed by atoms with E-state index < -0.39 is 5.82 Å². The zero-order valence-corrected chi connectivity index (χ0v) is 9.82. The average Bonchev–Trinajstić information content (AvgIpc) is 2.33. The zero-order chi connectivity index (χ0) is 13.1. The number of hydrogen-bond donors (Lipinski definition) is 1. The lowest BCUT2D eigenvalue weighted by Gasteiger charge is -2.09. The molecule has 0 aliphatic heterocycles. The van der Waals surface area contributed by atoms with Gasteiger partial charge in [-0.1, -0.05) is 11.6 Å². The van der Waals surface area contributed by atoms with Crippen molar-refractivity contribution in [3.05, 3.63) is 52.8 Å². The molecule has 0 aliphatic carbocycles. The van der Waals surface area contributed by atoms with E-state index in [0.29, 0.717) is 6.29 Å². The van der Waals surface area contributed by atoms with E-state index in [1.807, 2.05) is 0 Å². The topological polar surface area (TPSA) is 46.5 Å². The van der Waals surface area contributed by atoms with Crippen LogP contribution in [0.2, 0.25) is 5.02 Å². The molecule has 0 atom stereocenters. The lowest BCUT2D eigenvalue weighted by atomic mass is 10.2. The highest BCUT2D eigenvalue weighted by atomic mass is 35.5. The summed E-state index contributed by atoms with van der Waals surface area (Å²) in [7, 11) is 0. The fourth-order valence-electron chi connectivity index (χ4n) is 1.39. The van der Waals surface area contributed by atoms with Crippen LogP contribution < -0.4 is 4.74 Å². The number of carbonyl (C=O) groups excluding carboxylic acids is 1. The molecule has 0 bridgehead atoms. The molecule has 2 aromatic rings. The number of benzene rings is 2. The fourth-order valence-corrected chi connectivity index (χ4v) is 1.59. The summed E-state index contributed by atoms with van der Waals surface area (Å²) in [5, 5.41) is 9.41. The summed E-state index contributed by atoms with van der Waals surface area (Å²) in [4.78, 5) is 10.8. The van der Waals surface area contributed by atoms with Gasteiger partial charge in [-0.15, -0.1) is 0 Å². The van der Waals surface area contributed by atoms with E-state index >= 15 is 0 Å². The fraction of sp³-hybridized carbons (Fsp3) is 0. The largest absolute Gasteiger partial charge is 0.508 e. The van der Waals surface area contributed by atoms with Gasteiger partial charge < -0.3 is 9.84 Å². The van der Waals surface area contributed by atoms with Crippen LogP contribution in [0.25, 0.3) is 0 Å². The van der Waals surface area contributed by atoms with Crippen molar-refractivity contribution in [2.24, 2.45) is 0 Å². The van der Waals surface area contributed by atoms with Crippen molar-refractivity contribution in [3.8, 4) is 17.2 Å². The van der Waals surface area contributed by atoms with E-state index in [1.54, 1.807) is 0 Å². The third-order valence-corrected chi connectivity index (χ3v) is 2.53. The molecule has 0 unspecified atom stereocenters. The van der Waals surface area contributed by atoms with Gasteiger partial charge in [0.2, 0.25) is 0 Å². The standard InChI is InChI=1S/C13H8ClFO3/c14-11-5-9(15)2-4-12(11)18-13-6-10(17)3-1-8(13)7-16/h1-7,17H. The van der Waals surface area contributed by atoms with Crippen LogP contribution in [0.4, 0.5) is 4.39 Å². The van der Waals surface area contributed by atoms with Crippen LogP contribution in [0.5, 0.6) is 17.2 Å². The Labute approximate surface area is 107 Å². The number of aromatic hydroxyl groups is 1. The number of halogens is 2. The van der Waals surface area contributed by atoms with E-state index in [9.17, 15) is 14.3 Å². The van der Waals surface area contributed by atoms with Crippen LogP contribution in [-0.2, 0) is 0 Å². The van der Waals surface area contributed by atoms with Crippen LogP contribution in [0, 0.1) is 5.82 Å². The molecule has 5 heteroatoms. The average molecular weight is 267 g/mol. The minimum absolute atomic E-state index is 0.0474. The van der Waals surface area contributed by atoms with Crippen molar-refractivity contribution in [2.45, 2.75) is 0 Å². The van der Waals surface area contributed by atoms with Gasteiger partial charge in [-0.2, -0.15) is 0 Å². The molecule has 2 rings (SSSR count). The summed E-state index contributed by atoms with van der Waals surface area (Å²) in [6.07, 6.45) is 0.589. The minimum Gasteiger partial charge on any atom is -0.508 e. The van der Waals surface area contributed by atoms with E-state index in [0.717, 1.165) is 6.07 Å². The van der Waals surface area contributed by atoms with Crippen LogP contribution in [0.1, 0.15) is 10.4 Å². The molecule has 0 amide bonds. The first kappa shape index (κ1) is 12.4. The Morgan fingerprint density at radius 2 is 1.94 bits per heavy atom. The Morgan fingerprint density at radius 3 is 2.61 bits per heavy atom. The van der Waals surface area contributed by atoms with Gasteiger partial charge in [0.05, 0.1) is 10.6 Å². The molecule has 0 spiro atoms. The van der Waals surface area contributed by atoms with Gasteiger partial charge in [-0.05, 0) is 30.3 Å². The Hall–Kier alpha value is -2.07. The Bertz CT molecular complexity index is 599. The first-order chi connectivity index (χ1) is 8.60. The molecule has 18 heavy (non-hydrogen) atoms. The summed E-state index contributed by atoms with van der Waals surface area (Å²) in [6, 6.07) is 7.68. The van der Waals surface area contributed by atoms with Gasteiger partial charge in [-0.25, -0.2) is 4.39 Å². The summed E-state index contributed by atoms with van der Waals surface area (Å²) >= 11 is 5.80. The first-order valence-electron chi connectivity index (χ1n) is 5.01. The zero-order valence-electron chi connectivity index (χ0n) is 9.06. The molecule has 0 radical (unpaired) electrons. The van der Waals surface area contributed by atoms with E-state index in [-0.39, 0.29) is 27.8 Å². The lowest BCUT2D eigenvalue weighted by molar-refractivity contribution is 0.112. The van der Waals surface area contributed by atoms with Crippen LogP contribution in [0.3, 0.4) is 0 Å². The van der Waals surface area contributed by atoms with Gasteiger partial charge in [0, 0.05) is 6.07 Å². The number of ether oxygens (including phenoxy) is 1. The van der Waals surface area contributed by atoms with Crippen molar-refractivity contribution >= 4 is 17.9 Å². The number of aldehydes is 1. The predicted octanol–water partition coefficient (Wildman–Crippen LogP) is 3.79. The second-order valence-corrected chi connectivity index (χ2v) is 3.92. The maximum atomic E-state index is 12.9. The Morgan fingerprint density at radius 1 is 1.17 bits per heavy atom. The van der Waals surface area contributed by atoms with Gasteiger partial charge in [0.15, 0.2) is 6.29 Å². The highest BCUT2D eigenvalue weighted by molar-refractivity contribution is 6.32. The Balaban J connectivity index is 2.39. The van der Waals surface area contributed by atoms with Gasteiger partial charge in [0.1, 0.15) is 23.1 Å². The maximum Gasteiger partial charge on any atom is 0.153 e. The van der Waals surface area contributed by atoms with Crippen molar-refractivity contribution in [3.63, 3.8) is 0 Å². The lowest BCUT2D eigenvalue weighted by Crippen LogP contribution is -1.91. The van der Waals surface area contributed by atoms with Gasteiger partial charge in [0.25, 0.3) is 0 Å². The molecule has 0 saturated carbocycles. The van der Waals surface area contributed by atoms with Crippen molar-refractivity contribution < 1.29 is 19.0 Å². The van der Waals surface area contributed by atoms with Crippen LogP contribution in [-0.4, -0.2) is 11.4 Å². The number of phenolic OH excluding ortho intramolecular Hbond substituents is 1. The molecule has 92 valence electrons. The number of rotatable bonds is 3. The normalized spacial score (nSPS) is 10.1. The molecular weight excluding hydrogens is 259 g/mol. The summed E-state index contributed by atoms with van der Waals surface area (Å²) in [5.74, 6) is -0.182. The number of carbonyl (C=O) groups is 1. The molecule has 1 N–H and O–H groups in total. The monoisotopic (exact) mass is 266 g/mol. The van der Waals surface area contributed by atoms with Gasteiger partial charge in [-0.3, -0.25) is 4.79 Å². The third-order valence-electron chi connectivity index (χ3n) is 2.24. The molecule has 0 aliphatic rings. The Kier molecular flexibility index (Phi) is 3.48. The summed E-state index contributed by atoms with van der Waals surface area (Å²) < 4.78 is 18.2. The van der Waals surface area contributed by atoms with Gasteiger partial charge >= 0.3 is 0 Å². The van der Waals surface area contributed by atoms with E-state index in [2.05, 4.69) is 0 Å². The smallest absolute Gasteiger partial charge is 0.153 e. The summed E-state index contributed by atoms with van der Waals surface area (Å²) in [5.41, 5.74) is 0.258. The quantitative estimate of drug-likeness (QED) is 0.860. The SMILES string of the molecule is O=Cc1ccc(O)cc1Oc1ccc(F)cc1Cl. The van der Waals surface area contributed by atoms with Crippen molar-refractivity contribution in [2.75, 3.05) is 0 Å². The van der Waals surface area contributed by atoms with Crippen LogP contribution >= 0.6 is 11.6 Å². The van der Waals surface area contributed by atoms with Crippen LogP contribution in [0.15, 0.2) is 36.4 Å². The van der Waals surface area contributed by atoms with Crippen molar-refractivity contribution in [1.82, 2.24) is 0 Å². The molecule has 0 heterocycles. The second-order valence-electron chi connectivity index (χ2n) is 3.52. The van der Waals surface area contributed by atoms with E-state index in [4.69, 9.17) is 16.3 Å².